The lowest BCUT2D eigenvalue weighted by Crippen LogP contribution is -2.06. The smallest absolute Gasteiger partial charge is 0.0159 e. The van der Waals surface area contributed by atoms with Crippen LogP contribution in [0.1, 0.15) is 49.1 Å². The molecule has 0 aliphatic heterocycles. The highest BCUT2D eigenvalue weighted by Gasteiger charge is 2.17. The van der Waals surface area contributed by atoms with Crippen LogP contribution in [0.2, 0.25) is 0 Å². The van der Waals surface area contributed by atoms with E-state index in [2.05, 4.69) is 43.3 Å². The minimum absolute atomic E-state index is 0.813. The largest absolute Gasteiger partial charge is 0.0616 e. The normalized spacial score (nSPS) is 17.5. The van der Waals surface area contributed by atoms with E-state index in [9.17, 15) is 0 Å². The summed E-state index contributed by atoms with van der Waals surface area (Å²) in [5.74, 6) is 0.813. The van der Waals surface area contributed by atoms with E-state index in [1.165, 1.54) is 48.4 Å². The Morgan fingerprint density at radius 3 is 2.24 bits per heavy atom. The molecule has 0 heteroatoms. The van der Waals surface area contributed by atoms with Crippen LogP contribution in [0.15, 0.2) is 36.4 Å². The van der Waals surface area contributed by atoms with Crippen LogP contribution in [0.4, 0.5) is 0 Å². The molecule has 0 N–H and O–H groups in total. The maximum absolute atomic E-state index is 2.43. The molecule has 0 aromatic heterocycles. The van der Waals surface area contributed by atoms with Gasteiger partial charge in [-0.15, -0.1) is 0 Å². The van der Waals surface area contributed by atoms with Gasteiger partial charge in [0.05, 0.1) is 0 Å². The molecular weight excluding hydrogens is 204 g/mol. The first-order valence-electron chi connectivity index (χ1n) is 6.84. The van der Waals surface area contributed by atoms with Gasteiger partial charge in [0, 0.05) is 0 Å². The SMILES string of the molecule is Cc1cc2ccccc2cc1C1CCCCC1. The van der Waals surface area contributed by atoms with Gasteiger partial charge in [0.25, 0.3) is 0 Å². The van der Waals surface area contributed by atoms with Crippen LogP contribution in [0.25, 0.3) is 10.8 Å². The third-order valence-corrected chi connectivity index (χ3v) is 4.18. The first-order chi connectivity index (χ1) is 8.34. The fourth-order valence-electron chi connectivity index (χ4n) is 3.23. The number of aryl methyl sites for hydroxylation is 1. The Kier molecular flexibility index (Phi) is 2.88. The Hall–Kier alpha value is -1.30. The summed E-state index contributed by atoms with van der Waals surface area (Å²) in [5, 5.41) is 2.78. The number of benzene rings is 2. The Balaban J connectivity index is 2.06. The molecule has 0 unspecified atom stereocenters. The lowest BCUT2D eigenvalue weighted by atomic mass is 9.81. The second kappa shape index (κ2) is 4.52. The van der Waals surface area contributed by atoms with Gasteiger partial charge in [-0.25, -0.2) is 0 Å². The summed E-state index contributed by atoms with van der Waals surface area (Å²) in [7, 11) is 0. The average Bonchev–Trinajstić information content (AvgIpc) is 2.39. The highest BCUT2D eigenvalue weighted by molar-refractivity contribution is 5.84. The Morgan fingerprint density at radius 2 is 1.53 bits per heavy atom. The van der Waals surface area contributed by atoms with Crippen molar-refractivity contribution in [2.75, 3.05) is 0 Å². The van der Waals surface area contributed by atoms with Gasteiger partial charge in [-0.3, -0.25) is 0 Å². The number of fused-ring (bicyclic) bond motifs is 1. The van der Waals surface area contributed by atoms with Crippen molar-refractivity contribution in [2.45, 2.75) is 44.9 Å². The third-order valence-electron chi connectivity index (χ3n) is 4.18. The van der Waals surface area contributed by atoms with Crippen molar-refractivity contribution in [3.05, 3.63) is 47.5 Å². The number of rotatable bonds is 1. The van der Waals surface area contributed by atoms with Crippen molar-refractivity contribution >= 4 is 10.8 Å². The first kappa shape index (κ1) is 10.8. The van der Waals surface area contributed by atoms with Crippen molar-refractivity contribution in [1.82, 2.24) is 0 Å². The minimum atomic E-state index is 0.813. The highest BCUT2D eigenvalue weighted by Crippen LogP contribution is 2.35. The van der Waals surface area contributed by atoms with E-state index in [1.54, 1.807) is 5.56 Å². The zero-order chi connectivity index (χ0) is 11.7. The number of hydrogen-bond acceptors (Lipinski definition) is 0. The van der Waals surface area contributed by atoms with E-state index in [-0.39, 0.29) is 0 Å². The summed E-state index contributed by atoms with van der Waals surface area (Å²) < 4.78 is 0. The van der Waals surface area contributed by atoms with Gasteiger partial charge >= 0.3 is 0 Å². The molecule has 1 saturated carbocycles. The summed E-state index contributed by atoms with van der Waals surface area (Å²) in [4.78, 5) is 0. The topological polar surface area (TPSA) is 0 Å². The molecule has 3 rings (SSSR count). The molecule has 1 aliphatic rings. The van der Waals surface area contributed by atoms with Gasteiger partial charge in [0.15, 0.2) is 0 Å². The quantitative estimate of drug-likeness (QED) is 0.625. The van der Waals surface area contributed by atoms with Crippen LogP contribution in [0.3, 0.4) is 0 Å². The molecule has 0 atom stereocenters. The van der Waals surface area contributed by atoms with Crippen LogP contribution in [0, 0.1) is 6.92 Å². The lowest BCUT2D eigenvalue weighted by molar-refractivity contribution is 0.442. The summed E-state index contributed by atoms with van der Waals surface area (Å²) in [6, 6.07) is 13.5. The lowest BCUT2D eigenvalue weighted by Gasteiger charge is -2.24. The summed E-state index contributed by atoms with van der Waals surface area (Å²) in [6.07, 6.45) is 7.04. The molecule has 1 aliphatic carbocycles. The standard InChI is InChI=1S/C17H20/c1-13-11-15-9-5-6-10-16(15)12-17(13)14-7-3-2-4-8-14/h5-6,9-12,14H,2-4,7-8H2,1H3. The average molecular weight is 224 g/mol. The second-order valence-electron chi connectivity index (χ2n) is 5.39. The first-order valence-corrected chi connectivity index (χ1v) is 6.84. The molecule has 0 radical (unpaired) electrons. The maximum Gasteiger partial charge on any atom is -0.0159 e. The van der Waals surface area contributed by atoms with E-state index in [0.717, 1.165) is 5.92 Å². The summed E-state index contributed by atoms with van der Waals surface area (Å²) >= 11 is 0. The summed E-state index contributed by atoms with van der Waals surface area (Å²) in [5.41, 5.74) is 3.08. The van der Waals surface area contributed by atoms with Crippen LogP contribution < -0.4 is 0 Å². The predicted octanol–water partition coefficient (Wildman–Crippen LogP) is 5.20. The van der Waals surface area contributed by atoms with Crippen LogP contribution in [-0.4, -0.2) is 0 Å². The van der Waals surface area contributed by atoms with Gasteiger partial charge < -0.3 is 0 Å². The fourth-order valence-corrected chi connectivity index (χ4v) is 3.23. The highest BCUT2D eigenvalue weighted by atomic mass is 14.2. The van der Waals surface area contributed by atoms with Crippen LogP contribution in [-0.2, 0) is 0 Å². The van der Waals surface area contributed by atoms with E-state index in [4.69, 9.17) is 0 Å². The van der Waals surface area contributed by atoms with Gasteiger partial charge in [0.2, 0.25) is 0 Å². The van der Waals surface area contributed by atoms with Crippen LogP contribution in [0.5, 0.6) is 0 Å². The van der Waals surface area contributed by atoms with Crippen molar-refractivity contribution in [1.29, 1.82) is 0 Å². The van der Waals surface area contributed by atoms with Crippen molar-refractivity contribution in [3.8, 4) is 0 Å². The Morgan fingerprint density at radius 1 is 0.882 bits per heavy atom. The molecule has 0 spiro atoms. The molecule has 0 heterocycles. The van der Waals surface area contributed by atoms with Gasteiger partial charge in [-0.05, 0) is 47.6 Å². The molecule has 0 nitrogen and oxygen atoms in total. The van der Waals surface area contributed by atoms with Crippen molar-refractivity contribution in [2.24, 2.45) is 0 Å². The molecular formula is C17H20. The Labute approximate surface area is 104 Å². The molecule has 0 amide bonds. The van der Waals surface area contributed by atoms with E-state index in [1.807, 2.05) is 0 Å². The Bertz CT molecular complexity index is 519. The van der Waals surface area contributed by atoms with Gasteiger partial charge in [0.1, 0.15) is 0 Å². The van der Waals surface area contributed by atoms with Gasteiger partial charge in [-0.1, -0.05) is 55.7 Å². The minimum Gasteiger partial charge on any atom is -0.0616 e. The van der Waals surface area contributed by atoms with E-state index < -0.39 is 0 Å². The monoisotopic (exact) mass is 224 g/mol. The molecule has 0 bridgehead atoms. The van der Waals surface area contributed by atoms with E-state index >= 15 is 0 Å². The van der Waals surface area contributed by atoms with Crippen LogP contribution >= 0.6 is 0 Å². The molecule has 1 fully saturated rings. The number of hydrogen-bond donors (Lipinski definition) is 0. The maximum atomic E-state index is 2.43. The molecule has 2 aromatic carbocycles. The zero-order valence-corrected chi connectivity index (χ0v) is 10.6. The van der Waals surface area contributed by atoms with E-state index in [0.29, 0.717) is 0 Å². The molecule has 0 saturated heterocycles. The van der Waals surface area contributed by atoms with Gasteiger partial charge in [-0.2, -0.15) is 0 Å². The van der Waals surface area contributed by atoms with Crippen molar-refractivity contribution < 1.29 is 0 Å². The summed E-state index contributed by atoms with van der Waals surface area (Å²) in [6.45, 7) is 2.27. The zero-order valence-electron chi connectivity index (χ0n) is 10.6. The molecule has 17 heavy (non-hydrogen) atoms. The predicted molar refractivity (Wildman–Crippen MR) is 74.5 cm³/mol. The second-order valence-corrected chi connectivity index (χ2v) is 5.39. The third kappa shape index (κ3) is 2.09. The molecule has 2 aromatic rings. The van der Waals surface area contributed by atoms with Crippen molar-refractivity contribution in [3.63, 3.8) is 0 Å². The molecule has 88 valence electrons. The fraction of sp³-hybridized carbons (Fsp3) is 0.412.